The van der Waals surface area contributed by atoms with Gasteiger partial charge in [-0.2, -0.15) is 5.10 Å². The molecule has 0 bridgehead atoms. The van der Waals surface area contributed by atoms with Crippen LogP contribution in [0.25, 0.3) is 5.65 Å². The molecular weight excluding hydrogens is 236 g/mol. The van der Waals surface area contributed by atoms with Crippen LogP contribution in [-0.2, 0) is 0 Å². The first kappa shape index (κ1) is 12.0. The van der Waals surface area contributed by atoms with Gasteiger partial charge in [0.1, 0.15) is 5.56 Å². The maximum atomic E-state index is 11.2. The maximum absolute atomic E-state index is 11.2. The Labute approximate surface area is 102 Å². The SMILES string of the molecule is CC(C)c1cc(C(=O)O)n2ncc(C(N)=O)c2n1. The van der Waals surface area contributed by atoms with Crippen molar-refractivity contribution in [1.29, 1.82) is 0 Å². The lowest BCUT2D eigenvalue weighted by Gasteiger charge is -2.07. The molecule has 0 saturated heterocycles. The molecule has 94 valence electrons. The number of fused-ring (bicyclic) bond motifs is 1. The van der Waals surface area contributed by atoms with Crippen molar-refractivity contribution in [3.8, 4) is 0 Å². The highest BCUT2D eigenvalue weighted by molar-refractivity contribution is 5.99. The molecule has 18 heavy (non-hydrogen) atoms. The number of hydrogen-bond donors (Lipinski definition) is 2. The number of carbonyl (C=O) groups excluding carboxylic acids is 1. The van der Waals surface area contributed by atoms with Crippen LogP contribution >= 0.6 is 0 Å². The summed E-state index contributed by atoms with van der Waals surface area (Å²) >= 11 is 0. The number of carbonyl (C=O) groups is 2. The molecule has 7 nitrogen and oxygen atoms in total. The lowest BCUT2D eigenvalue weighted by Crippen LogP contribution is -2.14. The zero-order valence-corrected chi connectivity index (χ0v) is 9.91. The van der Waals surface area contributed by atoms with E-state index < -0.39 is 11.9 Å². The van der Waals surface area contributed by atoms with Crippen LogP contribution in [0.1, 0.15) is 46.3 Å². The minimum atomic E-state index is -1.14. The molecule has 2 aromatic rings. The summed E-state index contributed by atoms with van der Waals surface area (Å²) < 4.78 is 1.11. The number of aromatic nitrogens is 3. The minimum absolute atomic E-state index is 0.0312. The van der Waals surface area contributed by atoms with E-state index in [0.29, 0.717) is 5.69 Å². The molecule has 1 amide bonds. The zero-order valence-electron chi connectivity index (χ0n) is 9.91. The van der Waals surface area contributed by atoms with E-state index in [1.165, 1.54) is 12.3 Å². The van der Waals surface area contributed by atoms with E-state index in [1.54, 1.807) is 0 Å². The van der Waals surface area contributed by atoms with E-state index in [0.717, 1.165) is 4.52 Å². The Hall–Kier alpha value is -2.44. The minimum Gasteiger partial charge on any atom is -0.477 e. The first-order valence-corrected chi connectivity index (χ1v) is 5.33. The summed E-state index contributed by atoms with van der Waals surface area (Å²) in [6.45, 7) is 3.76. The number of hydrogen-bond acceptors (Lipinski definition) is 4. The van der Waals surface area contributed by atoms with Crippen LogP contribution in [0, 0.1) is 0 Å². The van der Waals surface area contributed by atoms with Gasteiger partial charge in [0.2, 0.25) is 0 Å². The number of rotatable bonds is 3. The Morgan fingerprint density at radius 2 is 2.11 bits per heavy atom. The number of aromatic carboxylic acids is 1. The zero-order chi connectivity index (χ0) is 13.4. The molecule has 0 atom stereocenters. The highest BCUT2D eigenvalue weighted by Gasteiger charge is 2.19. The molecule has 0 fully saturated rings. The summed E-state index contributed by atoms with van der Waals surface area (Å²) in [5.74, 6) is -1.79. The normalized spacial score (nSPS) is 11.1. The molecule has 3 N–H and O–H groups in total. The predicted octanol–water partition coefficient (Wildman–Crippen LogP) is 0.650. The summed E-state index contributed by atoms with van der Waals surface area (Å²) in [5.41, 5.74) is 6.01. The third-order valence-electron chi connectivity index (χ3n) is 2.57. The van der Waals surface area contributed by atoms with Gasteiger partial charge in [0.15, 0.2) is 11.3 Å². The van der Waals surface area contributed by atoms with Crippen LogP contribution in [0.2, 0.25) is 0 Å². The van der Waals surface area contributed by atoms with E-state index in [1.807, 2.05) is 13.8 Å². The molecule has 2 heterocycles. The molecule has 7 heteroatoms. The first-order chi connectivity index (χ1) is 8.41. The van der Waals surface area contributed by atoms with E-state index >= 15 is 0 Å². The molecule has 0 unspecified atom stereocenters. The fraction of sp³-hybridized carbons (Fsp3) is 0.273. The van der Waals surface area contributed by atoms with E-state index in [9.17, 15) is 9.59 Å². The van der Waals surface area contributed by atoms with Gasteiger partial charge in [0, 0.05) is 5.69 Å². The van der Waals surface area contributed by atoms with E-state index in [4.69, 9.17) is 10.8 Å². The third-order valence-corrected chi connectivity index (χ3v) is 2.57. The number of amides is 1. The average molecular weight is 248 g/mol. The van der Waals surface area contributed by atoms with Crippen molar-refractivity contribution in [1.82, 2.24) is 14.6 Å². The quantitative estimate of drug-likeness (QED) is 0.828. The molecule has 0 radical (unpaired) electrons. The Balaban J connectivity index is 2.83. The number of nitrogens with two attached hydrogens (primary N) is 1. The summed E-state index contributed by atoms with van der Waals surface area (Å²) in [5, 5.41) is 13.0. The summed E-state index contributed by atoms with van der Waals surface area (Å²) in [4.78, 5) is 26.6. The highest BCUT2D eigenvalue weighted by atomic mass is 16.4. The first-order valence-electron chi connectivity index (χ1n) is 5.33. The maximum Gasteiger partial charge on any atom is 0.354 e. The van der Waals surface area contributed by atoms with Crippen LogP contribution in [0.15, 0.2) is 12.3 Å². The van der Waals surface area contributed by atoms with Crippen molar-refractivity contribution in [3.63, 3.8) is 0 Å². The van der Waals surface area contributed by atoms with E-state index in [-0.39, 0.29) is 22.8 Å². The van der Waals surface area contributed by atoms with E-state index in [2.05, 4.69) is 10.1 Å². The van der Waals surface area contributed by atoms with Crippen molar-refractivity contribution in [2.24, 2.45) is 5.73 Å². The topological polar surface area (TPSA) is 111 Å². The van der Waals surface area contributed by atoms with Gasteiger partial charge in [-0.25, -0.2) is 14.3 Å². The molecule has 0 aromatic carbocycles. The molecule has 0 aliphatic carbocycles. The monoisotopic (exact) mass is 248 g/mol. The van der Waals surface area contributed by atoms with Gasteiger partial charge in [-0.1, -0.05) is 13.8 Å². The van der Waals surface area contributed by atoms with Gasteiger partial charge < -0.3 is 10.8 Å². The number of carboxylic acid groups (broad SMARTS) is 1. The molecule has 2 aromatic heterocycles. The smallest absolute Gasteiger partial charge is 0.354 e. The van der Waals surface area contributed by atoms with Gasteiger partial charge in [-0.15, -0.1) is 0 Å². The second-order valence-electron chi connectivity index (χ2n) is 4.18. The number of carboxylic acids is 1. The van der Waals surface area contributed by atoms with Crippen molar-refractivity contribution >= 4 is 17.5 Å². The van der Waals surface area contributed by atoms with Gasteiger partial charge in [-0.3, -0.25) is 4.79 Å². The standard InChI is InChI=1S/C11H12N4O3/c1-5(2)7-3-8(11(17)18)15-10(14-7)6(4-13-15)9(12)16/h3-5H,1-2H3,(H2,12,16)(H,17,18). The Kier molecular flexibility index (Phi) is 2.74. The average Bonchev–Trinajstić information content (AvgIpc) is 2.70. The predicted molar refractivity (Wildman–Crippen MR) is 62.6 cm³/mol. The summed E-state index contributed by atoms with van der Waals surface area (Å²) in [6.07, 6.45) is 1.22. The molecular formula is C11H12N4O3. The fourth-order valence-electron chi connectivity index (χ4n) is 1.60. The second kappa shape index (κ2) is 4.10. The van der Waals surface area contributed by atoms with Crippen LogP contribution in [-0.4, -0.2) is 31.6 Å². The molecule has 2 rings (SSSR count). The lowest BCUT2D eigenvalue weighted by molar-refractivity contribution is 0.0686. The van der Waals surface area contributed by atoms with Crippen LogP contribution < -0.4 is 5.73 Å². The Bertz CT molecular complexity index is 645. The fourth-order valence-corrected chi connectivity index (χ4v) is 1.60. The lowest BCUT2D eigenvalue weighted by atomic mass is 10.1. The van der Waals surface area contributed by atoms with Crippen LogP contribution in [0.3, 0.4) is 0 Å². The second-order valence-corrected chi connectivity index (χ2v) is 4.18. The third kappa shape index (κ3) is 1.79. The van der Waals surface area contributed by atoms with Gasteiger partial charge >= 0.3 is 5.97 Å². The number of nitrogens with zero attached hydrogens (tertiary/aromatic N) is 3. The van der Waals surface area contributed by atoms with Gasteiger partial charge in [0.25, 0.3) is 5.91 Å². The molecule has 0 saturated carbocycles. The van der Waals surface area contributed by atoms with Crippen molar-refractivity contribution in [2.45, 2.75) is 19.8 Å². The van der Waals surface area contributed by atoms with Gasteiger partial charge in [0.05, 0.1) is 6.20 Å². The van der Waals surface area contributed by atoms with Crippen LogP contribution in [0.4, 0.5) is 0 Å². The van der Waals surface area contributed by atoms with Gasteiger partial charge in [-0.05, 0) is 12.0 Å². The highest BCUT2D eigenvalue weighted by Crippen LogP contribution is 2.17. The van der Waals surface area contributed by atoms with Crippen molar-refractivity contribution < 1.29 is 14.7 Å². The van der Waals surface area contributed by atoms with Crippen LogP contribution in [0.5, 0.6) is 0 Å². The Morgan fingerprint density at radius 3 is 2.61 bits per heavy atom. The molecule has 0 aliphatic rings. The molecule has 0 aliphatic heterocycles. The Morgan fingerprint density at radius 1 is 1.44 bits per heavy atom. The largest absolute Gasteiger partial charge is 0.477 e. The summed E-state index contributed by atoms with van der Waals surface area (Å²) in [7, 11) is 0. The molecule has 0 spiro atoms. The number of primary amides is 1. The van der Waals surface area contributed by atoms with Crippen molar-refractivity contribution in [3.05, 3.63) is 29.2 Å². The summed E-state index contributed by atoms with van der Waals surface area (Å²) in [6, 6.07) is 1.44. The van der Waals surface area contributed by atoms with Crippen molar-refractivity contribution in [2.75, 3.05) is 0 Å².